The summed E-state index contributed by atoms with van der Waals surface area (Å²) in [5.74, 6) is -0.412. The second-order valence-corrected chi connectivity index (χ2v) is 26.8. The van der Waals surface area contributed by atoms with Crippen LogP contribution in [0.2, 0.25) is 0 Å². The fraction of sp³-hybridized carbons (Fsp3) is 0.522. The molecule has 0 unspecified atom stereocenters. The maximum Gasteiger partial charge on any atom is 0.410 e. The molecule has 22 heteroatoms. The Morgan fingerprint density at radius 1 is 0.494 bits per heavy atom. The minimum Gasteiger partial charge on any atom is -0.444 e. The van der Waals surface area contributed by atoms with Crippen molar-refractivity contribution in [1.29, 1.82) is 0 Å². The highest BCUT2D eigenvalue weighted by Crippen LogP contribution is 2.40. The Hall–Kier alpha value is -8.08. The average Bonchev–Trinajstić information content (AvgIpc) is 3.76. The molecule has 3 aromatic carbocycles. The van der Waals surface area contributed by atoms with Crippen molar-refractivity contribution in [1.82, 2.24) is 60.4 Å². The standard InChI is InChI=1S/C28H41N5O5.C21H30N4O2.C18H25N5O/c1-26(2,3)37-24(35)29-17-23(34)30-19-28(11-13-33(14-12-28)25(36)38-27(4,5)6)22-10-8-9-20(15-22)21-16-31-32(7)18-21;1-20(2,3)27-19(26)25-10-8-21(15-22,9-11-25)18-7-5-6-16(12-18)17-13-23-24(4)14-17;1-23-12-15(11-22-23)14-3-2-4-16(9-14)18(5-7-20-8-6-18)13-21-17(24)10-19/h8-10,15-16,18H,11-14,17,19H2,1-7H3,(H,29,35)(H,30,34);5-7,12-14H,8-11,15,22H2,1-4H3;2-4,9,11-12,20H,5-8,10,13,19H2,1H3,(H,21,24). The lowest BCUT2D eigenvalue weighted by atomic mass is 9.72. The van der Waals surface area contributed by atoms with Gasteiger partial charge in [-0.15, -0.1) is 0 Å². The zero-order valence-corrected chi connectivity index (χ0v) is 54.4. The number of ether oxygens (including phenoxy) is 3. The first-order valence-corrected chi connectivity index (χ1v) is 30.9. The summed E-state index contributed by atoms with van der Waals surface area (Å²) in [4.78, 5) is 64.8. The molecule has 0 bridgehead atoms. The minimum atomic E-state index is -0.647. The number of amides is 5. The first-order chi connectivity index (χ1) is 42.0. The number of rotatable bonds is 14. The van der Waals surface area contributed by atoms with E-state index < -0.39 is 28.3 Å². The Bertz CT molecular complexity index is 3320. The molecule has 3 fully saturated rings. The van der Waals surface area contributed by atoms with Crippen molar-refractivity contribution < 1.29 is 38.2 Å². The van der Waals surface area contributed by atoms with Crippen molar-refractivity contribution in [2.24, 2.45) is 32.6 Å². The van der Waals surface area contributed by atoms with Crippen LogP contribution in [0.25, 0.3) is 33.4 Å². The van der Waals surface area contributed by atoms with Gasteiger partial charge in [-0.05, 0) is 147 Å². The first-order valence-electron chi connectivity index (χ1n) is 30.9. The fourth-order valence-electron chi connectivity index (χ4n) is 11.5. The van der Waals surface area contributed by atoms with Crippen molar-refractivity contribution >= 4 is 30.1 Å². The summed E-state index contributed by atoms with van der Waals surface area (Å²) in [7, 11) is 5.72. The van der Waals surface area contributed by atoms with E-state index in [9.17, 15) is 24.0 Å². The molecule has 3 aliphatic rings. The van der Waals surface area contributed by atoms with Crippen LogP contribution in [0.1, 0.15) is 118 Å². The lowest BCUT2D eigenvalue weighted by Gasteiger charge is -2.42. The molecule has 22 nitrogen and oxygen atoms in total. The molecule has 0 radical (unpaired) electrons. The molecule has 8 N–H and O–H groups in total. The molecule has 0 aliphatic carbocycles. The summed E-state index contributed by atoms with van der Waals surface area (Å²) in [6.45, 7) is 22.1. The van der Waals surface area contributed by atoms with Gasteiger partial charge in [0.25, 0.3) is 0 Å². The topological polar surface area (TPSA) is 273 Å². The summed E-state index contributed by atoms with van der Waals surface area (Å²) in [5.41, 5.74) is 19.5. The Balaban J connectivity index is 0.000000196. The lowest BCUT2D eigenvalue weighted by Crippen LogP contribution is -2.52. The Kier molecular flexibility index (Phi) is 22.7. The molecule has 6 aromatic rings. The number of aromatic nitrogens is 6. The zero-order valence-electron chi connectivity index (χ0n) is 54.4. The highest BCUT2D eigenvalue weighted by atomic mass is 16.6. The van der Waals surface area contributed by atoms with Gasteiger partial charge in [-0.2, -0.15) is 15.3 Å². The molecule has 3 aliphatic heterocycles. The Morgan fingerprint density at radius 3 is 1.20 bits per heavy atom. The number of nitrogens with one attached hydrogen (secondary N) is 4. The molecular weight excluding hydrogens is 1130 g/mol. The quantitative estimate of drug-likeness (QED) is 0.0563. The number of hydrogen-bond donors (Lipinski definition) is 6. The van der Waals surface area contributed by atoms with Crippen molar-refractivity contribution in [2.45, 2.75) is 134 Å². The van der Waals surface area contributed by atoms with E-state index in [1.165, 1.54) is 11.1 Å². The third-order valence-electron chi connectivity index (χ3n) is 16.5. The number of nitrogens with zero attached hydrogens (tertiary/aromatic N) is 8. The third-order valence-corrected chi connectivity index (χ3v) is 16.5. The van der Waals surface area contributed by atoms with Crippen molar-refractivity contribution in [3.8, 4) is 33.4 Å². The predicted molar refractivity (Wildman–Crippen MR) is 346 cm³/mol. The molecule has 3 saturated heterocycles. The molecule has 0 spiro atoms. The van der Waals surface area contributed by atoms with E-state index in [0.717, 1.165) is 77.7 Å². The fourth-order valence-corrected chi connectivity index (χ4v) is 11.5. The highest BCUT2D eigenvalue weighted by Gasteiger charge is 2.41. The SMILES string of the molecule is Cn1cc(-c2cccc(C3(CN)CCN(C(=O)OC(C)(C)C)CC3)c2)cn1.Cn1cc(-c2cccc(C3(CNC(=O)CN)CCNCC3)c2)cn1.Cn1cc(-c2cccc(C3(CNC(=O)CNC(=O)OC(C)(C)C)CCN(C(=O)OC(C)(C)C)CC3)c2)cn1. The van der Waals surface area contributed by atoms with Crippen molar-refractivity contribution in [2.75, 3.05) is 72.0 Å². The number of likely N-dealkylation sites (tertiary alicyclic amines) is 2. The van der Waals surface area contributed by atoms with Gasteiger partial charge in [0.05, 0.1) is 31.7 Å². The molecule has 482 valence electrons. The maximum absolute atomic E-state index is 12.7. The number of aryl methyl sites for hydroxylation is 3. The van der Waals surface area contributed by atoms with Crippen LogP contribution in [0.3, 0.4) is 0 Å². The zero-order chi connectivity index (χ0) is 64.8. The van der Waals surface area contributed by atoms with Crippen LogP contribution in [0.4, 0.5) is 14.4 Å². The van der Waals surface area contributed by atoms with Gasteiger partial charge in [0.15, 0.2) is 0 Å². The lowest BCUT2D eigenvalue weighted by molar-refractivity contribution is -0.121. The van der Waals surface area contributed by atoms with E-state index in [1.807, 2.05) is 117 Å². The van der Waals surface area contributed by atoms with Crippen LogP contribution in [-0.4, -0.2) is 158 Å². The second-order valence-electron chi connectivity index (χ2n) is 26.8. The van der Waals surface area contributed by atoms with E-state index in [2.05, 4.69) is 97.2 Å². The number of alkyl carbamates (subject to hydrolysis) is 1. The van der Waals surface area contributed by atoms with Crippen LogP contribution in [0.5, 0.6) is 0 Å². The van der Waals surface area contributed by atoms with Gasteiger partial charge in [-0.3, -0.25) is 23.6 Å². The Labute approximate surface area is 525 Å². The number of benzene rings is 3. The van der Waals surface area contributed by atoms with Gasteiger partial charge in [0.1, 0.15) is 16.8 Å². The van der Waals surface area contributed by atoms with E-state index in [0.29, 0.717) is 58.7 Å². The van der Waals surface area contributed by atoms with Gasteiger partial charge < -0.3 is 56.7 Å². The smallest absolute Gasteiger partial charge is 0.410 e. The summed E-state index contributed by atoms with van der Waals surface area (Å²) in [5, 5.41) is 24.7. The summed E-state index contributed by atoms with van der Waals surface area (Å²) >= 11 is 0. The van der Waals surface area contributed by atoms with E-state index in [4.69, 9.17) is 25.7 Å². The monoisotopic (exact) mass is 1220 g/mol. The van der Waals surface area contributed by atoms with Gasteiger partial charge in [-0.1, -0.05) is 72.8 Å². The van der Waals surface area contributed by atoms with Gasteiger partial charge in [0.2, 0.25) is 11.8 Å². The molecule has 89 heavy (non-hydrogen) atoms. The van der Waals surface area contributed by atoms with Crippen LogP contribution >= 0.6 is 0 Å². The normalized spacial score (nSPS) is 16.3. The van der Waals surface area contributed by atoms with Gasteiger partial charge in [-0.25, -0.2) is 14.4 Å². The number of carbonyl (C=O) groups excluding carboxylic acids is 5. The van der Waals surface area contributed by atoms with E-state index >= 15 is 0 Å². The number of hydrogen-bond acceptors (Lipinski definition) is 14. The molecule has 0 saturated carbocycles. The number of piperidine rings is 3. The molecule has 9 rings (SSSR count). The Morgan fingerprint density at radius 2 is 0.854 bits per heavy atom. The predicted octanol–water partition coefficient (Wildman–Crippen LogP) is 8.09. The largest absolute Gasteiger partial charge is 0.444 e. The van der Waals surface area contributed by atoms with Crippen LogP contribution < -0.4 is 32.7 Å². The van der Waals surface area contributed by atoms with Crippen LogP contribution in [-0.2, 0) is 61.2 Å². The first kappa shape index (κ1) is 68.4. The maximum atomic E-state index is 12.7. The second kappa shape index (κ2) is 29.5. The van der Waals surface area contributed by atoms with E-state index in [-0.39, 0.29) is 47.9 Å². The molecule has 3 aromatic heterocycles. The van der Waals surface area contributed by atoms with Crippen molar-refractivity contribution in [3.05, 3.63) is 127 Å². The number of nitrogens with two attached hydrogens (primary N) is 2. The third kappa shape index (κ3) is 19.5. The summed E-state index contributed by atoms with van der Waals surface area (Å²) in [6, 6.07) is 25.4. The summed E-state index contributed by atoms with van der Waals surface area (Å²) in [6.07, 6.45) is 15.3. The molecule has 5 amide bonds. The molecule has 0 atom stereocenters. The van der Waals surface area contributed by atoms with Gasteiger partial charge in [0, 0.05) is 118 Å². The van der Waals surface area contributed by atoms with Crippen LogP contribution in [0.15, 0.2) is 110 Å². The number of carbonyl (C=O) groups is 5. The minimum absolute atomic E-state index is 0.0318. The van der Waals surface area contributed by atoms with Gasteiger partial charge >= 0.3 is 18.3 Å². The average molecular weight is 1230 g/mol. The molecular formula is C67H96N14O8. The highest BCUT2D eigenvalue weighted by molar-refractivity contribution is 5.82. The summed E-state index contributed by atoms with van der Waals surface area (Å²) < 4.78 is 21.7. The van der Waals surface area contributed by atoms with Crippen LogP contribution in [0, 0.1) is 0 Å². The van der Waals surface area contributed by atoms with E-state index in [1.54, 1.807) is 39.9 Å². The molecule has 6 heterocycles. The van der Waals surface area contributed by atoms with Crippen molar-refractivity contribution in [3.63, 3.8) is 0 Å².